The SMILES string of the molecule is N#CCCCCNCCc1ccc(Cl)cc1Cl. The molecule has 0 bridgehead atoms. The van der Waals surface area contributed by atoms with Crippen LogP contribution in [0.1, 0.15) is 24.8 Å². The van der Waals surface area contributed by atoms with E-state index in [1.807, 2.05) is 12.1 Å². The molecule has 92 valence electrons. The smallest absolute Gasteiger partial charge is 0.0621 e. The molecule has 0 aliphatic carbocycles. The van der Waals surface area contributed by atoms with Gasteiger partial charge in [-0.05, 0) is 50.0 Å². The van der Waals surface area contributed by atoms with Gasteiger partial charge in [0.25, 0.3) is 0 Å². The second-order valence-electron chi connectivity index (χ2n) is 3.85. The van der Waals surface area contributed by atoms with Crippen LogP contribution in [0.2, 0.25) is 10.0 Å². The van der Waals surface area contributed by atoms with E-state index >= 15 is 0 Å². The molecule has 0 spiro atoms. The normalized spacial score (nSPS) is 10.2. The first-order chi connectivity index (χ1) is 8.24. The van der Waals surface area contributed by atoms with E-state index in [1.54, 1.807) is 6.07 Å². The monoisotopic (exact) mass is 270 g/mol. The van der Waals surface area contributed by atoms with Gasteiger partial charge >= 0.3 is 0 Å². The van der Waals surface area contributed by atoms with Crippen molar-refractivity contribution in [2.75, 3.05) is 13.1 Å². The number of nitriles is 1. The van der Waals surface area contributed by atoms with Crippen molar-refractivity contribution < 1.29 is 0 Å². The predicted molar refractivity (Wildman–Crippen MR) is 72.5 cm³/mol. The number of hydrogen-bond donors (Lipinski definition) is 1. The van der Waals surface area contributed by atoms with Crippen molar-refractivity contribution in [2.45, 2.75) is 25.7 Å². The van der Waals surface area contributed by atoms with Crippen LogP contribution in [0.3, 0.4) is 0 Å². The first-order valence-corrected chi connectivity index (χ1v) is 6.51. The Bertz CT molecular complexity index is 385. The van der Waals surface area contributed by atoms with Gasteiger partial charge < -0.3 is 5.32 Å². The highest BCUT2D eigenvalue weighted by molar-refractivity contribution is 6.35. The van der Waals surface area contributed by atoms with Gasteiger partial charge in [-0.15, -0.1) is 0 Å². The maximum Gasteiger partial charge on any atom is 0.0621 e. The van der Waals surface area contributed by atoms with E-state index in [4.69, 9.17) is 28.5 Å². The van der Waals surface area contributed by atoms with Crippen LogP contribution in [0, 0.1) is 11.3 Å². The number of rotatable bonds is 7. The van der Waals surface area contributed by atoms with Gasteiger partial charge in [0.05, 0.1) is 6.07 Å². The molecule has 0 aromatic heterocycles. The summed E-state index contributed by atoms with van der Waals surface area (Å²) in [5.41, 5.74) is 1.11. The van der Waals surface area contributed by atoms with E-state index in [-0.39, 0.29) is 0 Å². The molecule has 0 aliphatic heterocycles. The van der Waals surface area contributed by atoms with Crippen molar-refractivity contribution >= 4 is 23.2 Å². The van der Waals surface area contributed by atoms with Crippen molar-refractivity contribution in [3.8, 4) is 6.07 Å². The van der Waals surface area contributed by atoms with Gasteiger partial charge in [-0.25, -0.2) is 0 Å². The molecule has 0 fully saturated rings. The van der Waals surface area contributed by atoms with Crippen molar-refractivity contribution in [3.63, 3.8) is 0 Å². The van der Waals surface area contributed by atoms with Gasteiger partial charge in [0.2, 0.25) is 0 Å². The Morgan fingerprint density at radius 2 is 2.00 bits per heavy atom. The van der Waals surface area contributed by atoms with Crippen LogP contribution in [-0.2, 0) is 6.42 Å². The summed E-state index contributed by atoms with van der Waals surface area (Å²) in [5, 5.41) is 13.1. The van der Waals surface area contributed by atoms with Crippen molar-refractivity contribution in [3.05, 3.63) is 33.8 Å². The Morgan fingerprint density at radius 1 is 1.18 bits per heavy atom. The van der Waals surface area contributed by atoms with Crippen LogP contribution in [0.5, 0.6) is 0 Å². The summed E-state index contributed by atoms with van der Waals surface area (Å²) in [7, 11) is 0. The van der Waals surface area contributed by atoms with E-state index in [0.29, 0.717) is 11.4 Å². The van der Waals surface area contributed by atoms with Crippen molar-refractivity contribution in [1.82, 2.24) is 5.32 Å². The summed E-state index contributed by atoms with van der Waals surface area (Å²) in [4.78, 5) is 0. The molecule has 0 unspecified atom stereocenters. The molecule has 2 nitrogen and oxygen atoms in total. The number of hydrogen-bond acceptors (Lipinski definition) is 2. The quantitative estimate of drug-likeness (QED) is 0.765. The molecule has 17 heavy (non-hydrogen) atoms. The van der Waals surface area contributed by atoms with Gasteiger partial charge in [-0.3, -0.25) is 0 Å². The number of benzene rings is 1. The molecule has 1 rings (SSSR count). The lowest BCUT2D eigenvalue weighted by atomic mass is 10.1. The van der Waals surface area contributed by atoms with Crippen molar-refractivity contribution in [2.24, 2.45) is 0 Å². The lowest BCUT2D eigenvalue weighted by Gasteiger charge is -2.06. The molecule has 0 radical (unpaired) electrons. The van der Waals surface area contributed by atoms with E-state index in [0.717, 1.165) is 42.9 Å². The average molecular weight is 271 g/mol. The maximum absolute atomic E-state index is 8.37. The minimum absolute atomic E-state index is 0.644. The summed E-state index contributed by atoms with van der Waals surface area (Å²) in [5.74, 6) is 0. The van der Waals surface area contributed by atoms with Crippen LogP contribution in [0.15, 0.2) is 18.2 Å². The molecule has 1 aromatic rings. The Hall–Kier alpha value is -0.750. The van der Waals surface area contributed by atoms with Crippen LogP contribution in [0.25, 0.3) is 0 Å². The highest BCUT2D eigenvalue weighted by Gasteiger charge is 2.00. The van der Waals surface area contributed by atoms with E-state index in [1.165, 1.54) is 0 Å². The fourth-order valence-electron chi connectivity index (χ4n) is 1.53. The minimum atomic E-state index is 0.644. The summed E-state index contributed by atoms with van der Waals surface area (Å²) in [6, 6.07) is 7.73. The third-order valence-corrected chi connectivity index (χ3v) is 3.07. The van der Waals surface area contributed by atoms with Crippen LogP contribution >= 0.6 is 23.2 Å². The summed E-state index contributed by atoms with van der Waals surface area (Å²) in [6.45, 7) is 1.85. The van der Waals surface area contributed by atoms with E-state index in [2.05, 4.69) is 11.4 Å². The summed E-state index contributed by atoms with van der Waals surface area (Å²) in [6.07, 6.45) is 3.55. The first kappa shape index (κ1) is 14.3. The summed E-state index contributed by atoms with van der Waals surface area (Å²) >= 11 is 11.9. The topological polar surface area (TPSA) is 35.8 Å². The third-order valence-electron chi connectivity index (χ3n) is 2.48. The molecule has 0 aliphatic rings. The Balaban J connectivity index is 2.16. The zero-order valence-corrected chi connectivity index (χ0v) is 11.2. The standard InChI is InChI=1S/C13H16Cl2N2/c14-12-5-4-11(13(15)10-12)6-9-17-8-3-1-2-7-16/h4-5,10,17H,1-3,6,8-9H2. The fourth-order valence-corrected chi connectivity index (χ4v) is 2.03. The molecule has 1 N–H and O–H groups in total. The Morgan fingerprint density at radius 3 is 2.71 bits per heavy atom. The third kappa shape index (κ3) is 5.93. The molecule has 0 amide bonds. The van der Waals surface area contributed by atoms with Crippen molar-refractivity contribution in [1.29, 1.82) is 5.26 Å². The van der Waals surface area contributed by atoms with Gasteiger partial charge in [-0.1, -0.05) is 29.3 Å². The molecule has 0 saturated carbocycles. The number of unbranched alkanes of at least 4 members (excludes halogenated alkanes) is 2. The van der Waals surface area contributed by atoms with Gasteiger partial charge in [-0.2, -0.15) is 5.26 Å². The van der Waals surface area contributed by atoms with Gasteiger partial charge in [0.1, 0.15) is 0 Å². The van der Waals surface area contributed by atoms with Gasteiger partial charge in [0.15, 0.2) is 0 Å². The van der Waals surface area contributed by atoms with Crippen LogP contribution in [-0.4, -0.2) is 13.1 Å². The molecule has 4 heteroatoms. The van der Waals surface area contributed by atoms with E-state index in [9.17, 15) is 0 Å². The summed E-state index contributed by atoms with van der Waals surface area (Å²) < 4.78 is 0. The maximum atomic E-state index is 8.37. The molecule has 0 saturated heterocycles. The lowest BCUT2D eigenvalue weighted by molar-refractivity contribution is 0.628. The zero-order valence-electron chi connectivity index (χ0n) is 9.68. The zero-order chi connectivity index (χ0) is 12.5. The fraction of sp³-hybridized carbons (Fsp3) is 0.462. The highest BCUT2D eigenvalue weighted by atomic mass is 35.5. The molecule has 0 atom stereocenters. The predicted octanol–water partition coefficient (Wildman–Crippen LogP) is 3.82. The molecular formula is C13H16Cl2N2. The largest absolute Gasteiger partial charge is 0.316 e. The second-order valence-corrected chi connectivity index (χ2v) is 4.69. The molecular weight excluding hydrogens is 255 g/mol. The number of nitrogens with one attached hydrogen (secondary N) is 1. The van der Waals surface area contributed by atoms with E-state index < -0.39 is 0 Å². The second kappa shape index (κ2) is 8.36. The van der Waals surface area contributed by atoms with Crippen LogP contribution < -0.4 is 5.32 Å². The molecule has 1 aromatic carbocycles. The Labute approximate surface area is 113 Å². The highest BCUT2D eigenvalue weighted by Crippen LogP contribution is 2.20. The average Bonchev–Trinajstić information content (AvgIpc) is 2.30. The number of nitrogens with zero attached hydrogens (tertiary/aromatic N) is 1. The minimum Gasteiger partial charge on any atom is -0.316 e. The Kier molecular flexibility index (Phi) is 7.04. The first-order valence-electron chi connectivity index (χ1n) is 5.75. The van der Waals surface area contributed by atoms with Gasteiger partial charge in [0, 0.05) is 16.5 Å². The molecule has 0 heterocycles. The number of halogens is 2. The van der Waals surface area contributed by atoms with Crippen LogP contribution in [0.4, 0.5) is 0 Å². The lowest BCUT2D eigenvalue weighted by Crippen LogP contribution is -2.18.